The number of ether oxygens (including phenoxy) is 2. The van der Waals surface area contributed by atoms with Crippen molar-refractivity contribution in [1.29, 1.82) is 0 Å². The van der Waals surface area contributed by atoms with Crippen LogP contribution in [-0.2, 0) is 31.7 Å². The number of esters is 1. The van der Waals surface area contributed by atoms with E-state index in [1.165, 1.54) is 24.3 Å². The van der Waals surface area contributed by atoms with E-state index in [4.69, 9.17) is 21.1 Å². The molecule has 0 spiro atoms. The number of hydrogen-bond donors (Lipinski definition) is 1. The van der Waals surface area contributed by atoms with Gasteiger partial charge in [0.05, 0.1) is 35.8 Å². The molecule has 1 unspecified atom stereocenters. The minimum absolute atomic E-state index is 0.000000833. The van der Waals surface area contributed by atoms with E-state index >= 15 is 4.39 Å². The zero-order valence-electron chi connectivity index (χ0n) is 29.4. The van der Waals surface area contributed by atoms with E-state index in [2.05, 4.69) is 5.32 Å². The lowest BCUT2D eigenvalue weighted by atomic mass is 9.92. The van der Waals surface area contributed by atoms with E-state index in [1.807, 2.05) is 4.90 Å². The van der Waals surface area contributed by atoms with Crippen LogP contribution in [0.3, 0.4) is 0 Å². The van der Waals surface area contributed by atoms with Gasteiger partial charge < -0.3 is 19.4 Å². The molecule has 51 heavy (non-hydrogen) atoms. The molecule has 0 radical (unpaired) electrons. The van der Waals surface area contributed by atoms with Gasteiger partial charge in [-0.25, -0.2) is 8.78 Å². The molecular formula is C37H43ClF5N3O5. The molecule has 0 saturated carbocycles. The highest BCUT2D eigenvalue weighted by molar-refractivity contribution is 6.31. The van der Waals surface area contributed by atoms with Crippen LogP contribution in [0.2, 0.25) is 5.02 Å². The van der Waals surface area contributed by atoms with Crippen molar-refractivity contribution >= 4 is 23.5 Å². The zero-order valence-corrected chi connectivity index (χ0v) is 30.2. The number of methoxy groups -OCH3 is 1. The number of nitrogens with one attached hydrogen (secondary N) is 1. The molecule has 2 aromatic carbocycles. The number of rotatable bonds is 14. The van der Waals surface area contributed by atoms with Crippen LogP contribution in [0.25, 0.3) is 11.1 Å². The molecular weight excluding hydrogens is 697 g/mol. The van der Waals surface area contributed by atoms with Gasteiger partial charge in [-0.15, -0.1) is 0 Å². The van der Waals surface area contributed by atoms with E-state index in [1.54, 1.807) is 41.7 Å². The van der Waals surface area contributed by atoms with Crippen LogP contribution in [0.4, 0.5) is 22.0 Å². The Kier molecular flexibility index (Phi) is 13.1. The fourth-order valence-electron chi connectivity index (χ4n) is 6.49. The number of halogens is 6. The molecule has 1 amide bonds. The Hall–Kier alpha value is -3.81. The monoisotopic (exact) mass is 739 g/mol. The number of aromatic nitrogens is 1. The number of alkyl halides is 3. The molecule has 1 aliphatic rings. The fraction of sp³-hybridized carbons (Fsp3) is 0.486. The summed E-state index contributed by atoms with van der Waals surface area (Å²) in [5.41, 5.74) is -0.428. The van der Waals surface area contributed by atoms with Gasteiger partial charge in [0, 0.05) is 44.6 Å². The van der Waals surface area contributed by atoms with Crippen molar-refractivity contribution < 1.29 is 41.0 Å². The molecule has 1 aromatic heterocycles. The summed E-state index contributed by atoms with van der Waals surface area (Å²) in [7, 11) is 1.56. The first kappa shape index (κ1) is 40.0. The van der Waals surface area contributed by atoms with Gasteiger partial charge in [0.1, 0.15) is 17.7 Å². The largest absolute Gasteiger partial charge is 0.466 e. The van der Waals surface area contributed by atoms with Crippen molar-refractivity contribution in [2.24, 2.45) is 5.92 Å². The highest BCUT2D eigenvalue weighted by Gasteiger charge is 2.37. The van der Waals surface area contributed by atoms with E-state index in [0.29, 0.717) is 41.4 Å². The van der Waals surface area contributed by atoms with Crippen molar-refractivity contribution in [1.82, 2.24) is 14.8 Å². The summed E-state index contributed by atoms with van der Waals surface area (Å²) in [6.45, 7) is 9.86. The van der Waals surface area contributed by atoms with Gasteiger partial charge in [-0.1, -0.05) is 25.4 Å². The predicted molar refractivity (Wildman–Crippen MR) is 184 cm³/mol. The Balaban J connectivity index is 1.78. The average Bonchev–Trinajstić information content (AvgIpc) is 3.00. The molecule has 1 saturated heterocycles. The van der Waals surface area contributed by atoms with Crippen molar-refractivity contribution in [3.05, 3.63) is 91.4 Å². The summed E-state index contributed by atoms with van der Waals surface area (Å²) in [4.78, 5) is 42.2. The molecule has 2 heterocycles. The number of carbonyl (C=O) groups is 2. The summed E-state index contributed by atoms with van der Waals surface area (Å²) >= 11 is 6.36. The van der Waals surface area contributed by atoms with Crippen molar-refractivity contribution in [2.75, 3.05) is 33.4 Å². The summed E-state index contributed by atoms with van der Waals surface area (Å²) in [5, 5.41) is 2.36. The molecule has 278 valence electrons. The molecule has 2 atom stereocenters. The molecule has 0 bridgehead atoms. The Bertz CT molecular complexity index is 1780. The second-order valence-electron chi connectivity index (χ2n) is 13.3. The first-order valence-corrected chi connectivity index (χ1v) is 17.1. The van der Waals surface area contributed by atoms with E-state index < -0.39 is 59.3 Å². The van der Waals surface area contributed by atoms with Crippen LogP contribution < -0.4 is 10.9 Å². The molecule has 0 aliphatic carbocycles. The van der Waals surface area contributed by atoms with Crippen LogP contribution in [0.15, 0.2) is 41.3 Å². The molecule has 4 rings (SSSR count). The van der Waals surface area contributed by atoms with Crippen LogP contribution in [0.1, 0.15) is 73.5 Å². The number of nitrogens with zero attached hydrogens (tertiary/aromatic N) is 2. The van der Waals surface area contributed by atoms with Crippen molar-refractivity contribution in [3.63, 3.8) is 0 Å². The first-order valence-electron chi connectivity index (χ1n) is 16.7. The topological polar surface area (TPSA) is 89.9 Å². The van der Waals surface area contributed by atoms with Gasteiger partial charge in [-0.05, 0) is 91.6 Å². The van der Waals surface area contributed by atoms with Crippen molar-refractivity contribution in [2.45, 2.75) is 78.2 Å². The number of aryl methyl sites for hydroxylation is 2. The van der Waals surface area contributed by atoms with Crippen LogP contribution in [-0.4, -0.2) is 60.8 Å². The second kappa shape index (κ2) is 16.7. The molecule has 1 aliphatic heterocycles. The number of pyridine rings is 1. The highest BCUT2D eigenvalue weighted by Crippen LogP contribution is 2.37. The zero-order chi connectivity index (χ0) is 37.8. The van der Waals surface area contributed by atoms with Gasteiger partial charge >= 0.3 is 12.1 Å². The van der Waals surface area contributed by atoms with E-state index in [9.17, 15) is 31.9 Å². The third-order valence-corrected chi connectivity index (χ3v) is 9.24. The van der Waals surface area contributed by atoms with E-state index in [0.717, 1.165) is 10.8 Å². The lowest BCUT2D eigenvalue weighted by Crippen LogP contribution is -2.52. The lowest BCUT2D eigenvalue weighted by Gasteiger charge is -2.38. The van der Waals surface area contributed by atoms with Gasteiger partial charge in [-0.2, -0.15) is 13.2 Å². The number of amides is 1. The summed E-state index contributed by atoms with van der Waals surface area (Å²) < 4.78 is 83.7. The Morgan fingerprint density at radius 2 is 1.71 bits per heavy atom. The SMILES string of the molecule is CCOC(=O)C[C@H](NC(=O)C(CC(C)C)n1cc(CCN2CC(OC)C2)c(C(F)(F)F)cc1=O)c1cc(-c2c(C)cc(F)cc2C)cc(Cl)c1F. The smallest absolute Gasteiger partial charge is 0.416 e. The molecule has 14 heteroatoms. The number of hydrogen-bond acceptors (Lipinski definition) is 6. The Morgan fingerprint density at radius 3 is 2.27 bits per heavy atom. The summed E-state index contributed by atoms with van der Waals surface area (Å²) in [5.74, 6) is -3.20. The maximum Gasteiger partial charge on any atom is 0.416 e. The maximum absolute atomic E-state index is 15.9. The third-order valence-electron chi connectivity index (χ3n) is 8.97. The minimum Gasteiger partial charge on any atom is -0.466 e. The number of benzene rings is 2. The van der Waals surface area contributed by atoms with Crippen LogP contribution in [0.5, 0.6) is 0 Å². The molecule has 3 aromatic rings. The second-order valence-corrected chi connectivity index (χ2v) is 13.7. The standard InChI is InChI=1S/C37H43ClF5N3O5/c1-7-51-33(48)16-30(27-13-24(14-29(38)35(27)40)34-21(4)11-25(39)12-22(34)5)44-36(49)31(10-20(2)3)46-17-23(8-9-45-18-26(19-45)50-6)28(15-32(46)47)37(41,42)43/h11-15,17,20,26,30-31H,7-10,16,18-19H2,1-6H3,(H,44,49)/t30-,31?/m0/s1. The molecule has 8 nitrogen and oxygen atoms in total. The number of likely N-dealkylation sites (tertiary alicyclic amines) is 1. The minimum atomic E-state index is -4.82. The van der Waals surface area contributed by atoms with Gasteiger partial charge in [0.2, 0.25) is 5.91 Å². The molecule has 1 N–H and O–H groups in total. The van der Waals surface area contributed by atoms with Crippen molar-refractivity contribution in [3.8, 4) is 11.1 Å². The van der Waals surface area contributed by atoms with Gasteiger partial charge in [-0.3, -0.25) is 19.3 Å². The Morgan fingerprint density at radius 1 is 1.06 bits per heavy atom. The van der Waals surface area contributed by atoms with Crippen LogP contribution >= 0.6 is 11.6 Å². The average molecular weight is 740 g/mol. The maximum atomic E-state index is 15.9. The first-order chi connectivity index (χ1) is 23.9. The third kappa shape index (κ3) is 9.75. The lowest BCUT2D eigenvalue weighted by molar-refractivity contribution is -0.144. The predicted octanol–water partition coefficient (Wildman–Crippen LogP) is 7.35. The summed E-state index contributed by atoms with van der Waals surface area (Å²) in [6, 6.07) is 3.19. The van der Waals surface area contributed by atoms with Gasteiger partial charge in [0.25, 0.3) is 5.56 Å². The van der Waals surface area contributed by atoms with E-state index in [-0.39, 0.29) is 54.2 Å². The molecule has 1 fully saturated rings. The highest BCUT2D eigenvalue weighted by atomic mass is 35.5. The summed E-state index contributed by atoms with van der Waals surface area (Å²) in [6.07, 6.45) is -4.30. The van der Waals surface area contributed by atoms with Crippen LogP contribution in [0, 0.1) is 31.4 Å². The fourth-order valence-corrected chi connectivity index (χ4v) is 6.72. The quantitative estimate of drug-likeness (QED) is 0.137. The van der Waals surface area contributed by atoms with Gasteiger partial charge in [0.15, 0.2) is 0 Å². The number of carbonyl (C=O) groups excluding carboxylic acids is 2. The Labute approximate surface area is 298 Å². The normalized spacial score (nSPS) is 15.1.